The van der Waals surface area contributed by atoms with E-state index in [-0.39, 0.29) is 0 Å². The van der Waals surface area contributed by atoms with Crippen molar-refractivity contribution in [2.75, 3.05) is 9.80 Å². The van der Waals surface area contributed by atoms with Crippen LogP contribution in [0.5, 0.6) is 0 Å². The summed E-state index contributed by atoms with van der Waals surface area (Å²) in [5, 5.41) is 20.2. The fourth-order valence-electron chi connectivity index (χ4n) is 23.8. The van der Waals surface area contributed by atoms with Gasteiger partial charge in [0.1, 0.15) is 0 Å². The van der Waals surface area contributed by atoms with Crippen LogP contribution >= 0.6 is 46.2 Å². The van der Waals surface area contributed by atoms with Crippen LogP contribution in [-0.4, -0.2) is 9.13 Å². The van der Waals surface area contributed by atoms with E-state index in [1.807, 2.05) is 46.2 Å². The van der Waals surface area contributed by atoms with Crippen molar-refractivity contribution in [3.05, 3.63) is 506 Å². The normalized spacial score (nSPS) is 13.4. The van der Waals surface area contributed by atoms with Gasteiger partial charge in [0.15, 0.2) is 0 Å². The molecule has 0 saturated carbocycles. The van der Waals surface area contributed by atoms with E-state index in [2.05, 4.69) is 480 Å². The standard InChI is InChI=1S/2C63H38N2S2/c1-2-18-44-39(14-1)15-13-26-55(44)65-56-25-7-3-19-46(56)50-36-41(32-35-57(50)65)64(43-31-34-48-47-20-4-8-27-58(47)66-61(48)38-43)42-30-33-45-49-21-11-16-40-17-12-24-53(62(40)49)63(54(45)37-42)51-22-5-9-28-59(51)67-60-29-10-6-23-52(60)63;1-2-18-44-39(14-1)15-13-26-55(44)65-56-25-7-3-19-46(56)49-36-41(31-34-57(49)65)64(42-32-35-59-50(37-42)47-20-4-8-27-58(47)66-59)43-30-33-45-48-21-11-16-40-17-12-24-53(62(40)48)63(54(45)38-43)51-22-5-9-28-60(51)67-61-29-10-6-23-52(61)63/h2*1-38H. The first kappa shape index (κ1) is 76.0. The summed E-state index contributed by atoms with van der Waals surface area (Å²) in [4.78, 5) is 10.2. The van der Waals surface area contributed by atoms with Crippen LogP contribution in [0.4, 0.5) is 34.1 Å². The lowest BCUT2D eigenvalue weighted by Crippen LogP contribution is -2.36. The monoisotopic (exact) mass is 1770 g/mol. The summed E-state index contributed by atoms with van der Waals surface area (Å²) in [5.41, 5.74) is 28.5. The maximum atomic E-state index is 2.53. The quantitative estimate of drug-likeness (QED) is 0.151. The molecule has 22 aromatic carbocycles. The zero-order chi connectivity index (χ0) is 87.6. The number of fused-ring (bicyclic) bond motifs is 30. The van der Waals surface area contributed by atoms with Crippen LogP contribution < -0.4 is 9.80 Å². The third kappa shape index (κ3) is 10.9. The van der Waals surface area contributed by atoms with Gasteiger partial charge < -0.3 is 18.9 Å². The largest absolute Gasteiger partial charge is 0.310 e. The number of anilines is 6. The van der Waals surface area contributed by atoms with E-state index in [1.165, 1.54) is 225 Å². The lowest BCUT2D eigenvalue weighted by Gasteiger charge is -2.46. The van der Waals surface area contributed by atoms with Gasteiger partial charge >= 0.3 is 0 Å². The van der Waals surface area contributed by atoms with Gasteiger partial charge in [-0.05, 0) is 251 Å². The Balaban J connectivity index is 0.000000131. The minimum absolute atomic E-state index is 0.561. The number of benzene rings is 22. The van der Waals surface area contributed by atoms with E-state index in [1.54, 1.807) is 0 Å². The van der Waals surface area contributed by atoms with Gasteiger partial charge in [0.25, 0.3) is 0 Å². The number of nitrogens with zero attached hydrogens (tertiary/aromatic N) is 4. The first-order valence-electron chi connectivity index (χ1n) is 46.0. The van der Waals surface area contributed by atoms with Crippen molar-refractivity contribution in [3.63, 3.8) is 0 Å². The summed E-state index contributed by atoms with van der Waals surface area (Å²) in [6.45, 7) is 0. The highest BCUT2D eigenvalue weighted by Gasteiger charge is 2.51. The van der Waals surface area contributed by atoms with Crippen LogP contribution in [0.3, 0.4) is 0 Å². The summed E-state index contributed by atoms with van der Waals surface area (Å²) in [6.07, 6.45) is 0. The molecular formula is C126H76N4S4. The summed E-state index contributed by atoms with van der Waals surface area (Å²) < 4.78 is 10.1. The Bertz CT molecular complexity index is 9430. The fourth-order valence-corrected chi connectivity index (χ4v) is 28.4. The predicted octanol–water partition coefficient (Wildman–Crippen LogP) is 35.5. The molecule has 6 heterocycles. The number of hydrogen-bond acceptors (Lipinski definition) is 6. The van der Waals surface area contributed by atoms with Crippen LogP contribution in [0.25, 0.3) is 161 Å². The van der Waals surface area contributed by atoms with Gasteiger partial charge in [0, 0.05) is 126 Å². The number of rotatable bonds is 8. The molecular weight excluding hydrogens is 1700 g/mol. The molecule has 2 aliphatic heterocycles. The number of hydrogen-bond donors (Lipinski definition) is 0. The second-order valence-corrected chi connectivity index (χ2v) is 40.2. The SMILES string of the molecule is c1ccc2c(c1)Sc1ccccc1C21c2cc(N(c3ccc4c(c3)sc3ccccc34)c3ccc4c(c3)c3ccccc3n4-c3cccc4ccccc34)ccc2-c2cccc3cccc1c23.c1ccc2c(c1)Sc1ccccc1C21c2cc(N(c3ccc4sc5ccccc5c4c3)c3ccc4c(c3)c3ccccc3n4-c3cccc4ccccc34)ccc2-c2cccc3cccc1c23. The average molecular weight is 1770 g/mol. The molecule has 0 fully saturated rings. The van der Waals surface area contributed by atoms with Crippen molar-refractivity contribution in [2.24, 2.45) is 0 Å². The van der Waals surface area contributed by atoms with Crippen LogP contribution in [0.1, 0.15) is 44.5 Å². The first-order chi connectivity index (χ1) is 66.4. The number of thiophene rings is 2. The maximum Gasteiger partial charge on any atom is 0.0736 e. The van der Waals surface area contributed by atoms with E-state index in [4.69, 9.17) is 0 Å². The number of para-hydroxylation sites is 2. The molecule has 2 spiro atoms. The Morgan fingerprint density at radius 1 is 0.179 bits per heavy atom. The Morgan fingerprint density at radius 2 is 0.493 bits per heavy atom. The van der Waals surface area contributed by atoms with Crippen LogP contribution in [0, 0.1) is 0 Å². The summed E-state index contributed by atoms with van der Waals surface area (Å²) >= 11 is 7.53. The third-order valence-corrected chi connectivity index (χ3v) is 33.8. The highest BCUT2D eigenvalue weighted by atomic mass is 32.2. The van der Waals surface area contributed by atoms with E-state index < -0.39 is 10.8 Å². The highest BCUT2D eigenvalue weighted by Crippen LogP contribution is 2.65. The van der Waals surface area contributed by atoms with Gasteiger partial charge in [0.05, 0.1) is 44.3 Å². The third-order valence-electron chi connectivity index (χ3n) is 29.2. The molecule has 4 aliphatic rings. The van der Waals surface area contributed by atoms with Crippen molar-refractivity contribution in [1.29, 1.82) is 0 Å². The highest BCUT2D eigenvalue weighted by molar-refractivity contribution is 7.99. The lowest BCUT2D eigenvalue weighted by molar-refractivity contribution is 0.707. The summed E-state index contributed by atoms with van der Waals surface area (Å²) in [7, 11) is 0. The minimum Gasteiger partial charge on any atom is -0.310 e. The molecule has 4 nitrogen and oxygen atoms in total. The molecule has 0 bridgehead atoms. The zero-order valence-electron chi connectivity index (χ0n) is 72.3. The van der Waals surface area contributed by atoms with Gasteiger partial charge in [-0.25, -0.2) is 0 Å². The van der Waals surface area contributed by atoms with Crippen molar-refractivity contribution >= 4 is 207 Å². The van der Waals surface area contributed by atoms with Gasteiger partial charge in [0.2, 0.25) is 0 Å². The zero-order valence-corrected chi connectivity index (χ0v) is 75.6. The van der Waals surface area contributed by atoms with Gasteiger partial charge in [-0.15, -0.1) is 22.7 Å². The lowest BCUT2D eigenvalue weighted by atomic mass is 9.59. The van der Waals surface area contributed by atoms with Gasteiger partial charge in [-0.1, -0.05) is 333 Å². The molecule has 0 atom stereocenters. The van der Waals surface area contributed by atoms with Crippen LogP contribution in [-0.2, 0) is 10.8 Å². The number of aromatic nitrogens is 2. The van der Waals surface area contributed by atoms with E-state index in [9.17, 15) is 0 Å². The molecule has 0 amide bonds. The summed E-state index contributed by atoms with van der Waals surface area (Å²) in [6, 6.07) is 173. The molecule has 0 unspecified atom stereocenters. The van der Waals surface area contributed by atoms with E-state index >= 15 is 0 Å². The smallest absolute Gasteiger partial charge is 0.0736 e. The van der Waals surface area contributed by atoms with Crippen molar-refractivity contribution < 1.29 is 0 Å². The first-order valence-corrected chi connectivity index (χ1v) is 49.2. The maximum absolute atomic E-state index is 2.53. The fraction of sp³-hybridized carbons (Fsp3) is 0.0159. The molecule has 8 heteroatoms. The average Bonchev–Trinajstić information content (AvgIpc) is 0.760. The molecule has 26 aromatic rings. The van der Waals surface area contributed by atoms with Crippen molar-refractivity contribution in [2.45, 2.75) is 30.4 Å². The molecule has 30 rings (SSSR count). The second-order valence-electron chi connectivity index (χ2n) is 35.9. The van der Waals surface area contributed by atoms with Crippen molar-refractivity contribution in [3.8, 4) is 33.6 Å². The molecule has 624 valence electrons. The van der Waals surface area contributed by atoms with E-state index in [0.29, 0.717) is 0 Å². The minimum atomic E-state index is -0.563. The van der Waals surface area contributed by atoms with Crippen LogP contribution in [0.2, 0.25) is 0 Å². The van der Waals surface area contributed by atoms with Crippen molar-refractivity contribution in [1.82, 2.24) is 9.13 Å². The van der Waals surface area contributed by atoms with Crippen LogP contribution in [0.15, 0.2) is 481 Å². The Hall–Kier alpha value is -15.8. The Kier molecular flexibility index (Phi) is 16.6. The summed E-state index contributed by atoms with van der Waals surface area (Å²) in [5.74, 6) is 0. The molecule has 0 radical (unpaired) electrons. The topological polar surface area (TPSA) is 16.3 Å². The molecule has 0 N–H and O–H groups in total. The predicted molar refractivity (Wildman–Crippen MR) is 570 cm³/mol. The van der Waals surface area contributed by atoms with Gasteiger partial charge in [-0.2, -0.15) is 0 Å². The molecule has 134 heavy (non-hydrogen) atoms. The Labute approximate surface area is 789 Å². The second kappa shape index (κ2) is 29.4. The molecule has 4 aromatic heterocycles. The molecule has 2 aliphatic carbocycles. The van der Waals surface area contributed by atoms with E-state index in [0.717, 1.165) is 34.1 Å². The van der Waals surface area contributed by atoms with Gasteiger partial charge in [-0.3, -0.25) is 0 Å². The Morgan fingerprint density at radius 3 is 0.978 bits per heavy atom. The molecule has 0 saturated heterocycles.